The predicted molar refractivity (Wildman–Crippen MR) is 59.7 cm³/mol. The fourth-order valence-electron chi connectivity index (χ4n) is 2.89. The fourth-order valence-corrected chi connectivity index (χ4v) is 2.89. The Morgan fingerprint density at radius 3 is 2.60 bits per heavy atom. The number of ether oxygens (including phenoxy) is 1. The monoisotopic (exact) mass is 210 g/mol. The van der Waals surface area contributed by atoms with Gasteiger partial charge < -0.3 is 4.74 Å². The lowest BCUT2D eigenvalue weighted by molar-refractivity contribution is -0.163. The van der Waals surface area contributed by atoms with Crippen LogP contribution >= 0.6 is 0 Å². The Morgan fingerprint density at radius 1 is 1.40 bits per heavy atom. The third-order valence-corrected chi connectivity index (χ3v) is 4.05. The van der Waals surface area contributed by atoms with Crippen molar-refractivity contribution in [3.8, 4) is 0 Å². The third-order valence-electron chi connectivity index (χ3n) is 4.05. The number of rotatable bonds is 4. The van der Waals surface area contributed by atoms with Gasteiger partial charge in [-0.05, 0) is 25.2 Å². The fraction of sp³-hybridized carbons (Fsp3) is 0.923. The Hall–Kier alpha value is -0.370. The van der Waals surface area contributed by atoms with Crippen molar-refractivity contribution in [2.24, 2.45) is 11.3 Å². The topological polar surface area (TPSA) is 26.3 Å². The smallest absolute Gasteiger partial charge is 0.144 e. The van der Waals surface area contributed by atoms with Gasteiger partial charge >= 0.3 is 0 Å². The van der Waals surface area contributed by atoms with Crippen molar-refractivity contribution >= 4 is 5.78 Å². The van der Waals surface area contributed by atoms with Gasteiger partial charge in [-0.25, -0.2) is 0 Å². The van der Waals surface area contributed by atoms with Crippen molar-refractivity contribution in [3.05, 3.63) is 0 Å². The molecule has 0 radical (unpaired) electrons. The molecule has 0 amide bonds. The summed E-state index contributed by atoms with van der Waals surface area (Å²) in [5.74, 6) is 1.16. The van der Waals surface area contributed by atoms with Crippen LogP contribution in [0.15, 0.2) is 0 Å². The predicted octanol–water partition coefficient (Wildman–Crippen LogP) is 2.95. The van der Waals surface area contributed by atoms with Crippen LogP contribution < -0.4 is 0 Å². The molecule has 1 spiro atoms. The zero-order valence-electron chi connectivity index (χ0n) is 9.92. The Labute approximate surface area is 92.4 Å². The molecule has 2 rings (SSSR count). The van der Waals surface area contributed by atoms with E-state index in [1.54, 1.807) is 0 Å². The minimum Gasteiger partial charge on any atom is -0.377 e. The molecule has 2 saturated carbocycles. The van der Waals surface area contributed by atoms with E-state index in [1.807, 2.05) is 0 Å². The molecule has 2 heteroatoms. The molecule has 0 aliphatic heterocycles. The summed E-state index contributed by atoms with van der Waals surface area (Å²) >= 11 is 0. The van der Waals surface area contributed by atoms with Crippen LogP contribution in [0.1, 0.15) is 52.4 Å². The molecule has 0 aromatic heterocycles. The molecular formula is C13H22O2. The summed E-state index contributed by atoms with van der Waals surface area (Å²) in [6, 6.07) is 0. The van der Waals surface area contributed by atoms with Crippen LogP contribution in [0.4, 0.5) is 0 Å². The van der Waals surface area contributed by atoms with E-state index in [-0.39, 0.29) is 11.5 Å². The standard InChI is InChI=1S/C13H22O2/c1-10(2)5-8-15-12-9-11(14)13(12)6-3-4-7-13/h10,12H,3-9H2,1-2H3. The molecule has 2 aliphatic carbocycles. The van der Waals surface area contributed by atoms with Crippen LogP contribution in [0, 0.1) is 11.3 Å². The minimum absolute atomic E-state index is 0.0308. The lowest BCUT2D eigenvalue weighted by atomic mass is 9.63. The summed E-state index contributed by atoms with van der Waals surface area (Å²) in [6.07, 6.45) is 6.65. The van der Waals surface area contributed by atoms with E-state index in [1.165, 1.54) is 12.8 Å². The number of carbonyl (C=O) groups is 1. The first-order valence-corrected chi connectivity index (χ1v) is 6.30. The number of ketones is 1. The van der Waals surface area contributed by atoms with E-state index < -0.39 is 0 Å². The summed E-state index contributed by atoms with van der Waals surface area (Å²) in [7, 11) is 0. The normalized spacial score (nSPS) is 28.7. The van der Waals surface area contributed by atoms with Gasteiger partial charge in [-0.2, -0.15) is 0 Å². The average Bonchev–Trinajstić information content (AvgIpc) is 2.67. The zero-order valence-corrected chi connectivity index (χ0v) is 9.92. The molecule has 2 nitrogen and oxygen atoms in total. The summed E-state index contributed by atoms with van der Waals surface area (Å²) in [5.41, 5.74) is -0.0308. The molecule has 1 atom stereocenters. The minimum atomic E-state index is -0.0308. The summed E-state index contributed by atoms with van der Waals surface area (Å²) < 4.78 is 5.88. The lowest BCUT2D eigenvalue weighted by Gasteiger charge is -2.45. The van der Waals surface area contributed by atoms with E-state index in [4.69, 9.17) is 4.74 Å². The number of hydrogen-bond acceptors (Lipinski definition) is 2. The SMILES string of the molecule is CC(C)CCOC1CC(=O)C12CCCC2. The van der Waals surface area contributed by atoms with Crippen LogP contribution in [0.25, 0.3) is 0 Å². The van der Waals surface area contributed by atoms with Crippen molar-refractivity contribution in [2.45, 2.75) is 58.5 Å². The molecule has 0 N–H and O–H groups in total. The quantitative estimate of drug-likeness (QED) is 0.713. The van der Waals surface area contributed by atoms with Gasteiger partial charge in [0.15, 0.2) is 0 Å². The first-order valence-electron chi connectivity index (χ1n) is 6.30. The largest absolute Gasteiger partial charge is 0.377 e. The van der Waals surface area contributed by atoms with E-state index in [2.05, 4.69) is 13.8 Å². The van der Waals surface area contributed by atoms with Crippen LogP contribution in [0.3, 0.4) is 0 Å². The van der Waals surface area contributed by atoms with Crippen LogP contribution in [-0.4, -0.2) is 18.5 Å². The molecule has 2 aliphatic rings. The van der Waals surface area contributed by atoms with E-state index in [0.717, 1.165) is 25.9 Å². The summed E-state index contributed by atoms with van der Waals surface area (Å²) in [6.45, 7) is 5.25. The first-order chi connectivity index (χ1) is 7.15. The third kappa shape index (κ3) is 1.96. The molecule has 15 heavy (non-hydrogen) atoms. The van der Waals surface area contributed by atoms with Gasteiger partial charge in [0.2, 0.25) is 0 Å². The second-order valence-electron chi connectivity index (χ2n) is 5.53. The van der Waals surface area contributed by atoms with Crippen LogP contribution in [0.5, 0.6) is 0 Å². The Kier molecular flexibility index (Phi) is 3.15. The number of Topliss-reactive ketones (excluding diaryl/α,β-unsaturated/α-hetero) is 1. The molecule has 0 aromatic rings. The van der Waals surface area contributed by atoms with Crippen molar-refractivity contribution in [1.82, 2.24) is 0 Å². The Balaban J connectivity index is 1.81. The second kappa shape index (κ2) is 4.25. The second-order valence-corrected chi connectivity index (χ2v) is 5.53. The maximum atomic E-state index is 11.7. The highest BCUT2D eigenvalue weighted by Crippen LogP contribution is 2.51. The van der Waals surface area contributed by atoms with Gasteiger partial charge in [0, 0.05) is 13.0 Å². The molecule has 86 valence electrons. The molecule has 0 aromatic carbocycles. The van der Waals surface area contributed by atoms with Crippen molar-refractivity contribution in [2.75, 3.05) is 6.61 Å². The number of hydrogen-bond donors (Lipinski definition) is 0. The summed E-state index contributed by atoms with van der Waals surface area (Å²) in [5, 5.41) is 0. The maximum Gasteiger partial charge on any atom is 0.144 e. The van der Waals surface area contributed by atoms with Gasteiger partial charge in [-0.1, -0.05) is 26.7 Å². The lowest BCUT2D eigenvalue weighted by Crippen LogP contribution is -2.53. The number of carbonyl (C=O) groups excluding carboxylic acids is 1. The highest BCUT2D eigenvalue weighted by molar-refractivity contribution is 5.92. The highest BCUT2D eigenvalue weighted by Gasteiger charge is 2.56. The van der Waals surface area contributed by atoms with E-state index in [9.17, 15) is 4.79 Å². The zero-order chi connectivity index (χ0) is 10.9. The molecule has 1 unspecified atom stereocenters. The van der Waals surface area contributed by atoms with Crippen molar-refractivity contribution < 1.29 is 9.53 Å². The molecule has 0 saturated heterocycles. The highest BCUT2D eigenvalue weighted by atomic mass is 16.5. The van der Waals surface area contributed by atoms with E-state index in [0.29, 0.717) is 18.1 Å². The Morgan fingerprint density at radius 2 is 2.07 bits per heavy atom. The average molecular weight is 210 g/mol. The van der Waals surface area contributed by atoms with Gasteiger partial charge in [0.1, 0.15) is 5.78 Å². The van der Waals surface area contributed by atoms with Gasteiger partial charge in [-0.15, -0.1) is 0 Å². The molecular weight excluding hydrogens is 188 g/mol. The van der Waals surface area contributed by atoms with Crippen molar-refractivity contribution in [1.29, 1.82) is 0 Å². The van der Waals surface area contributed by atoms with E-state index >= 15 is 0 Å². The van der Waals surface area contributed by atoms with Gasteiger partial charge in [-0.3, -0.25) is 4.79 Å². The maximum absolute atomic E-state index is 11.7. The molecule has 0 heterocycles. The van der Waals surface area contributed by atoms with Crippen molar-refractivity contribution in [3.63, 3.8) is 0 Å². The van der Waals surface area contributed by atoms with Gasteiger partial charge in [0.25, 0.3) is 0 Å². The van der Waals surface area contributed by atoms with Crippen LogP contribution in [-0.2, 0) is 9.53 Å². The summed E-state index contributed by atoms with van der Waals surface area (Å²) in [4.78, 5) is 11.7. The van der Waals surface area contributed by atoms with Crippen LogP contribution in [0.2, 0.25) is 0 Å². The molecule has 0 bridgehead atoms. The van der Waals surface area contributed by atoms with Gasteiger partial charge in [0.05, 0.1) is 11.5 Å². The molecule has 2 fully saturated rings. The Bertz CT molecular complexity index is 239. The first kappa shape index (κ1) is 11.1.